The van der Waals surface area contributed by atoms with Gasteiger partial charge >= 0.3 is 0 Å². The van der Waals surface area contributed by atoms with Crippen LogP contribution in [0.2, 0.25) is 0 Å². The van der Waals surface area contributed by atoms with Crippen molar-refractivity contribution in [2.45, 2.75) is 33.6 Å². The molecule has 0 bridgehead atoms. The molecule has 0 saturated carbocycles. The maximum Gasteiger partial charge on any atom is 0.220 e. The first-order chi connectivity index (χ1) is 6.47. The highest BCUT2D eigenvalue weighted by Gasteiger charge is 2.20. The summed E-state index contributed by atoms with van der Waals surface area (Å²) < 4.78 is 0. The van der Waals surface area contributed by atoms with Gasteiger partial charge in [-0.25, -0.2) is 0 Å². The molecule has 0 aliphatic carbocycles. The number of hydrogen-bond donors (Lipinski definition) is 2. The number of rotatable bonds is 4. The largest absolute Gasteiger partial charge is 0.356 e. The zero-order chi connectivity index (χ0) is 10.6. The van der Waals surface area contributed by atoms with Crippen LogP contribution in [-0.4, -0.2) is 25.5 Å². The molecule has 0 radical (unpaired) electrons. The molecule has 14 heavy (non-hydrogen) atoms. The van der Waals surface area contributed by atoms with Crippen LogP contribution in [0.15, 0.2) is 0 Å². The third kappa shape index (κ3) is 4.61. The topological polar surface area (TPSA) is 41.1 Å². The van der Waals surface area contributed by atoms with Crippen molar-refractivity contribution in [3.63, 3.8) is 0 Å². The Hall–Kier alpha value is -0.570. The van der Waals surface area contributed by atoms with E-state index in [1.54, 1.807) is 0 Å². The van der Waals surface area contributed by atoms with E-state index in [1.165, 1.54) is 0 Å². The summed E-state index contributed by atoms with van der Waals surface area (Å²) in [5.74, 6) is 0.783. The van der Waals surface area contributed by atoms with E-state index in [0.29, 0.717) is 17.8 Å². The normalized spacial score (nSPS) is 17.6. The Balaban J connectivity index is 2.03. The lowest BCUT2D eigenvalue weighted by Crippen LogP contribution is -2.44. The third-order valence-corrected chi connectivity index (χ3v) is 2.54. The fraction of sp³-hybridized carbons (Fsp3) is 0.909. The van der Waals surface area contributed by atoms with Crippen LogP contribution in [-0.2, 0) is 4.79 Å². The zero-order valence-corrected chi connectivity index (χ0v) is 9.52. The second-order valence-electron chi connectivity index (χ2n) is 5.39. The van der Waals surface area contributed by atoms with E-state index in [2.05, 4.69) is 31.4 Å². The van der Waals surface area contributed by atoms with E-state index in [0.717, 1.165) is 26.1 Å². The first-order valence-electron chi connectivity index (χ1n) is 5.45. The van der Waals surface area contributed by atoms with Crippen molar-refractivity contribution in [2.75, 3.05) is 19.6 Å². The average Bonchev–Trinajstić information content (AvgIpc) is 1.94. The van der Waals surface area contributed by atoms with Gasteiger partial charge in [-0.1, -0.05) is 20.8 Å². The van der Waals surface area contributed by atoms with Gasteiger partial charge in [0, 0.05) is 13.0 Å². The Kier molecular flexibility index (Phi) is 3.93. The fourth-order valence-corrected chi connectivity index (χ4v) is 1.40. The quantitative estimate of drug-likeness (QED) is 0.711. The molecular formula is C11H22N2O. The first-order valence-corrected chi connectivity index (χ1v) is 5.45. The second-order valence-corrected chi connectivity index (χ2v) is 5.39. The maximum atomic E-state index is 11.4. The van der Waals surface area contributed by atoms with E-state index in [-0.39, 0.29) is 5.91 Å². The van der Waals surface area contributed by atoms with Crippen LogP contribution in [0, 0.1) is 11.3 Å². The van der Waals surface area contributed by atoms with E-state index < -0.39 is 0 Å². The average molecular weight is 198 g/mol. The highest BCUT2D eigenvalue weighted by Crippen LogP contribution is 2.17. The van der Waals surface area contributed by atoms with E-state index in [1.807, 2.05) is 0 Å². The second kappa shape index (κ2) is 4.78. The molecule has 1 aliphatic heterocycles. The molecule has 1 heterocycles. The summed E-state index contributed by atoms with van der Waals surface area (Å²) in [6.07, 6.45) is 1.73. The van der Waals surface area contributed by atoms with Gasteiger partial charge in [0.25, 0.3) is 0 Å². The van der Waals surface area contributed by atoms with Crippen LogP contribution in [0.25, 0.3) is 0 Å². The predicted molar refractivity (Wildman–Crippen MR) is 58.1 cm³/mol. The predicted octanol–water partition coefficient (Wildman–Crippen LogP) is 1.15. The number of nitrogens with one attached hydrogen (secondary N) is 2. The molecule has 1 amide bonds. The van der Waals surface area contributed by atoms with Crippen LogP contribution < -0.4 is 10.6 Å². The summed E-state index contributed by atoms with van der Waals surface area (Å²) in [6.45, 7) is 9.39. The summed E-state index contributed by atoms with van der Waals surface area (Å²) >= 11 is 0. The first kappa shape index (κ1) is 11.5. The van der Waals surface area contributed by atoms with Gasteiger partial charge in [-0.2, -0.15) is 0 Å². The number of carbonyl (C=O) groups excluding carboxylic acids is 1. The molecular weight excluding hydrogens is 176 g/mol. The lowest BCUT2D eigenvalue weighted by atomic mass is 9.92. The van der Waals surface area contributed by atoms with Crippen molar-refractivity contribution >= 4 is 5.91 Å². The molecule has 0 atom stereocenters. The Labute approximate surface area is 86.6 Å². The number of hydrogen-bond acceptors (Lipinski definition) is 2. The highest BCUT2D eigenvalue weighted by atomic mass is 16.1. The fourth-order valence-electron chi connectivity index (χ4n) is 1.40. The minimum Gasteiger partial charge on any atom is -0.356 e. The SMILES string of the molecule is CC(C)(C)CCNC(=O)CC1CNC1. The Morgan fingerprint density at radius 2 is 2.07 bits per heavy atom. The highest BCUT2D eigenvalue weighted by molar-refractivity contribution is 5.76. The minimum atomic E-state index is 0.209. The molecule has 3 nitrogen and oxygen atoms in total. The standard InChI is InChI=1S/C11H22N2O/c1-11(2,3)4-5-13-10(14)6-9-7-12-8-9/h9,12H,4-8H2,1-3H3,(H,13,14). The van der Waals surface area contributed by atoms with Crippen LogP contribution in [0.4, 0.5) is 0 Å². The van der Waals surface area contributed by atoms with Gasteiger partial charge in [0.15, 0.2) is 0 Å². The van der Waals surface area contributed by atoms with Crippen LogP contribution in [0.3, 0.4) is 0 Å². The molecule has 0 aromatic carbocycles. The molecule has 1 aliphatic rings. The maximum absolute atomic E-state index is 11.4. The van der Waals surface area contributed by atoms with E-state index in [9.17, 15) is 4.79 Å². The molecule has 2 N–H and O–H groups in total. The van der Waals surface area contributed by atoms with Crippen LogP contribution in [0.5, 0.6) is 0 Å². The summed E-state index contributed by atoms with van der Waals surface area (Å²) in [5.41, 5.74) is 0.311. The van der Waals surface area contributed by atoms with Crippen molar-refractivity contribution in [3.8, 4) is 0 Å². The molecule has 0 unspecified atom stereocenters. The minimum absolute atomic E-state index is 0.209. The van der Waals surface area contributed by atoms with Crippen LogP contribution >= 0.6 is 0 Å². The summed E-state index contributed by atoms with van der Waals surface area (Å²) in [4.78, 5) is 11.4. The lowest BCUT2D eigenvalue weighted by Gasteiger charge is -2.26. The van der Waals surface area contributed by atoms with Crippen molar-refractivity contribution in [1.82, 2.24) is 10.6 Å². The third-order valence-electron chi connectivity index (χ3n) is 2.54. The van der Waals surface area contributed by atoms with Crippen molar-refractivity contribution in [3.05, 3.63) is 0 Å². The Morgan fingerprint density at radius 1 is 1.43 bits per heavy atom. The summed E-state index contributed by atoms with van der Waals surface area (Å²) in [5, 5.41) is 6.14. The van der Waals surface area contributed by atoms with Gasteiger partial charge < -0.3 is 10.6 Å². The van der Waals surface area contributed by atoms with E-state index in [4.69, 9.17) is 0 Å². The summed E-state index contributed by atoms with van der Waals surface area (Å²) in [6, 6.07) is 0. The van der Waals surface area contributed by atoms with Gasteiger partial charge in [-0.3, -0.25) is 4.79 Å². The van der Waals surface area contributed by atoms with Crippen molar-refractivity contribution in [1.29, 1.82) is 0 Å². The van der Waals surface area contributed by atoms with Gasteiger partial charge in [-0.15, -0.1) is 0 Å². The van der Waals surface area contributed by atoms with Gasteiger partial charge in [0.2, 0.25) is 5.91 Å². The number of amides is 1. The molecule has 3 heteroatoms. The molecule has 82 valence electrons. The zero-order valence-electron chi connectivity index (χ0n) is 9.52. The molecule has 1 saturated heterocycles. The molecule has 1 fully saturated rings. The Morgan fingerprint density at radius 3 is 2.50 bits per heavy atom. The van der Waals surface area contributed by atoms with Gasteiger partial charge in [0.1, 0.15) is 0 Å². The molecule has 1 rings (SSSR count). The van der Waals surface area contributed by atoms with Crippen molar-refractivity contribution < 1.29 is 4.79 Å². The smallest absolute Gasteiger partial charge is 0.220 e. The van der Waals surface area contributed by atoms with E-state index >= 15 is 0 Å². The monoisotopic (exact) mass is 198 g/mol. The number of carbonyl (C=O) groups is 1. The molecule has 0 spiro atoms. The van der Waals surface area contributed by atoms with Gasteiger partial charge in [0.05, 0.1) is 0 Å². The van der Waals surface area contributed by atoms with Crippen molar-refractivity contribution in [2.24, 2.45) is 11.3 Å². The molecule has 0 aromatic heterocycles. The lowest BCUT2D eigenvalue weighted by molar-refractivity contribution is -0.122. The molecule has 0 aromatic rings. The van der Waals surface area contributed by atoms with Crippen LogP contribution in [0.1, 0.15) is 33.6 Å². The Bertz CT molecular complexity index is 192. The summed E-state index contributed by atoms with van der Waals surface area (Å²) in [7, 11) is 0. The van der Waals surface area contributed by atoms with Gasteiger partial charge in [-0.05, 0) is 30.8 Å².